The summed E-state index contributed by atoms with van der Waals surface area (Å²) in [4.78, 5) is 12.4. The first-order valence-corrected chi connectivity index (χ1v) is 10.4. The van der Waals surface area contributed by atoms with Crippen LogP contribution in [0.2, 0.25) is 0 Å². The van der Waals surface area contributed by atoms with Crippen LogP contribution in [0, 0.1) is 0 Å². The number of hydrogen-bond donors (Lipinski definition) is 1. The van der Waals surface area contributed by atoms with Crippen molar-refractivity contribution in [3.8, 4) is 5.75 Å². The molecule has 140 valence electrons. The van der Waals surface area contributed by atoms with Gasteiger partial charge >= 0.3 is 0 Å². The van der Waals surface area contributed by atoms with Crippen molar-refractivity contribution in [2.75, 3.05) is 12.4 Å². The van der Waals surface area contributed by atoms with E-state index in [1.165, 1.54) is 27.8 Å². The molecular weight excluding hydrogens is 366 g/mol. The third kappa shape index (κ3) is 3.22. The zero-order valence-corrected chi connectivity index (χ0v) is 16.6. The molecule has 0 spiro atoms. The Labute approximate surface area is 168 Å². The van der Waals surface area contributed by atoms with Crippen LogP contribution in [0.5, 0.6) is 5.75 Å². The topological polar surface area (TPSA) is 47.0 Å². The monoisotopic (exact) mass is 387 g/mol. The largest absolute Gasteiger partial charge is 0.497 e. The number of thiophene rings is 1. The second kappa shape index (κ2) is 7.24. The first-order chi connectivity index (χ1) is 13.8. The van der Waals surface area contributed by atoms with E-state index in [0.717, 1.165) is 47.2 Å². The molecule has 0 fully saturated rings. The van der Waals surface area contributed by atoms with Gasteiger partial charge in [0.05, 0.1) is 12.5 Å². The van der Waals surface area contributed by atoms with E-state index >= 15 is 0 Å². The van der Waals surface area contributed by atoms with Gasteiger partial charge in [0.1, 0.15) is 22.2 Å². The predicted octanol–water partition coefficient (Wildman–Crippen LogP) is 5.52. The van der Waals surface area contributed by atoms with Crippen LogP contribution < -0.4 is 10.1 Å². The van der Waals surface area contributed by atoms with Crippen molar-refractivity contribution in [2.24, 2.45) is 0 Å². The molecule has 1 aliphatic rings. The highest BCUT2D eigenvalue weighted by molar-refractivity contribution is 7.19. The van der Waals surface area contributed by atoms with Crippen LogP contribution in [-0.2, 0) is 19.3 Å². The lowest BCUT2D eigenvalue weighted by Crippen LogP contribution is -2.02. The van der Waals surface area contributed by atoms with E-state index in [1.54, 1.807) is 7.11 Å². The standard InChI is InChI=1S/C23H21N3OS/c1-27-17-12-10-16(11-13-17)24-22-21-18-8-5-9-19(18)28-23(21)26-20(25-22)14-15-6-3-2-4-7-15/h2-4,6-7,10-13H,5,8-9,14H2,1H3,(H,24,25,26). The molecule has 2 heterocycles. The molecule has 0 saturated carbocycles. The van der Waals surface area contributed by atoms with Crippen molar-refractivity contribution < 1.29 is 4.74 Å². The van der Waals surface area contributed by atoms with Gasteiger partial charge in [-0.1, -0.05) is 30.3 Å². The molecule has 5 heteroatoms. The maximum Gasteiger partial charge on any atom is 0.143 e. The normalized spacial score (nSPS) is 12.9. The summed E-state index contributed by atoms with van der Waals surface area (Å²) < 4.78 is 5.27. The Bertz CT molecular complexity index is 1120. The van der Waals surface area contributed by atoms with Crippen LogP contribution in [-0.4, -0.2) is 17.1 Å². The average molecular weight is 388 g/mol. The van der Waals surface area contributed by atoms with Gasteiger partial charge in [-0.15, -0.1) is 11.3 Å². The number of ether oxygens (including phenoxy) is 1. The van der Waals surface area contributed by atoms with E-state index in [4.69, 9.17) is 14.7 Å². The van der Waals surface area contributed by atoms with E-state index in [-0.39, 0.29) is 0 Å². The Morgan fingerprint density at radius 1 is 1.00 bits per heavy atom. The number of anilines is 2. The third-order valence-corrected chi connectivity index (χ3v) is 6.35. The molecule has 0 saturated heterocycles. The fourth-order valence-electron chi connectivity index (χ4n) is 3.80. The van der Waals surface area contributed by atoms with E-state index in [1.807, 2.05) is 41.7 Å². The summed E-state index contributed by atoms with van der Waals surface area (Å²) in [5, 5.41) is 4.74. The van der Waals surface area contributed by atoms with Gasteiger partial charge in [-0.3, -0.25) is 0 Å². The Morgan fingerprint density at radius 2 is 1.82 bits per heavy atom. The number of hydrogen-bond acceptors (Lipinski definition) is 5. The van der Waals surface area contributed by atoms with Crippen molar-refractivity contribution in [2.45, 2.75) is 25.7 Å². The molecule has 4 nitrogen and oxygen atoms in total. The second-order valence-electron chi connectivity index (χ2n) is 7.04. The molecule has 4 aromatic rings. The molecule has 0 unspecified atom stereocenters. The lowest BCUT2D eigenvalue weighted by atomic mass is 10.1. The average Bonchev–Trinajstić information content (AvgIpc) is 3.30. The summed E-state index contributed by atoms with van der Waals surface area (Å²) in [6.07, 6.45) is 4.24. The van der Waals surface area contributed by atoms with Crippen molar-refractivity contribution in [3.05, 3.63) is 76.4 Å². The van der Waals surface area contributed by atoms with Gasteiger partial charge in [0.25, 0.3) is 0 Å². The minimum atomic E-state index is 0.733. The fourth-order valence-corrected chi connectivity index (χ4v) is 5.08. The number of benzene rings is 2. The van der Waals surface area contributed by atoms with Gasteiger partial charge in [0.15, 0.2) is 0 Å². The number of rotatable bonds is 5. The molecular formula is C23H21N3OS. The minimum absolute atomic E-state index is 0.733. The molecule has 0 atom stereocenters. The molecule has 5 rings (SSSR count). The van der Waals surface area contributed by atoms with Crippen LogP contribution in [0.3, 0.4) is 0 Å². The number of fused-ring (bicyclic) bond motifs is 3. The summed E-state index contributed by atoms with van der Waals surface area (Å²) in [5.74, 6) is 2.62. The smallest absolute Gasteiger partial charge is 0.143 e. The Kier molecular flexibility index (Phi) is 4.45. The van der Waals surface area contributed by atoms with Crippen molar-refractivity contribution in [1.29, 1.82) is 0 Å². The number of nitrogens with zero attached hydrogens (tertiary/aromatic N) is 2. The quantitative estimate of drug-likeness (QED) is 0.490. The third-order valence-electron chi connectivity index (χ3n) is 5.17. The van der Waals surface area contributed by atoms with E-state index in [9.17, 15) is 0 Å². The number of nitrogens with one attached hydrogen (secondary N) is 1. The maximum atomic E-state index is 5.27. The lowest BCUT2D eigenvalue weighted by Gasteiger charge is -2.11. The van der Waals surface area contributed by atoms with Crippen LogP contribution in [0.4, 0.5) is 11.5 Å². The maximum absolute atomic E-state index is 5.27. The first kappa shape index (κ1) is 17.2. The van der Waals surface area contributed by atoms with Gasteiger partial charge in [0, 0.05) is 17.0 Å². The summed E-state index contributed by atoms with van der Waals surface area (Å²) in [6, 6.07) is 18.4. The Morgan fingerprint density at radius 3 is 2.61 bits per heavy atom. The highest BCUT2D eigenvalue weighted by atomic mass is 32.1. The van der Waals surface area contributed by atoms with Crippen LogP contribution in [0.1, 0.15) is 28.2 Å². The molecule has 2 aromatic carbocycles. The number of methoxy groups -OCH3 is 1. The Balaban J connectivity index is 1.57. The first-order valence-electron chi connectivity index (χ1n) is 9.56. The van der Waals surface area contributed by atoms with Gasteiger partial charge in [0.2, 0.25) is 0 Å². The second-order valence-corrected chi connectivity index (χ2v) is 8.13. The fraction of sp³-hybridized carbons (Fsp3) is 0.217. The van der Waals surface area contributed by atoms with Gasteiger partial charge in [-0.2, -0.15) is 0 Å². The summed E-state index contributed by atoms with van der Waals surface area (Å²) in [7, 11) is 1.68. The van der Waals surface area contributed by atoms with Gasteiger partial charge in [-0.25, -0.2) is 9.97 Å². The summed E-state index contributed by atoms with van der Waals surface area (Å²) in [5.41, 5.74) is 3.66. The van der Waals surface area contributed by atoms with Crippen LogP contribution in [0.25, 0.3) is 10.2 Å². The molecule has 0 aliphatic heterocycles. The Hall–Kier alpha value is -2.92. The van der Waals surface area contributed by atoms with E-state index in [2.05, 4.69) is 29.6 Å². The predicted molar refractivity (Wildman–Crippen MR) is 115 cm³/mol. The van der Waals surface area contributed by atoms with Gasteiger partial charge in [-0.05, 0) is 54.7 Å². The zero-order valence-electron chi connectivity index (χ0n) is 15.7. The molecule has 2 aromatic heterocycles. The molecule has 1 aliphatic carbocycles. The highest BCUT2D eigenvalue weighted by Gasteiger charge is 2.22. The zero-order chi connectivity index (χ0) is 18.9. The van der Waals surface area contributed by atoms with E-state index < -0.39 is 0 Å². The number of aromatic nitrogens is 2. The molecule has 0 amide bonds. The molecule has 0 radical (unpaired) electrons. The van der Waals surface area contributed by atoms with Crippen molar-refractivity contribution in [3.63, 3.8) is 0 Å². The summed E-state index contributed by atoms with van der Waals surface area (Å²) in [6.45, 7) is 0. The van der Waals surface area contributed by atoms with Crippen molar-refractivity contribution >= 4 is 33.1 Å². The SMILES string of the molecule is COc1ccc(Nc2nc(Cc3ccccc3)nc3sc4c(c23)CCC4)cc1. The minimum Gasteiger partial charge on any atom is -0.497 e. The highest BCUT2D eigenvalue weighted by Crippen LogP contribution is 2.40. The lowest BCUT2D eigenvalue weighted by molar-refractivity contribution is 0.415. The molecule has 1 N–H and O–H groups in total. The van der Waals surface area contributed by atoms with Gasteiger partial charge < -0.3 is 10.1 Å². The molecule has 28 heavy (non-hydrogen) atoms. The van der Waals surface area contributed by atoms with Crippen LogP contribution in [0.15, 0.2) is 54.6 Å². The molecule has 0 bridgehead atoms. The number of aryl methyl sites for hydroxylation is 2. The van der Waals surface area contributed by atoms with Crippen molar-refractivity contribution in [1.82, 2.24) is 9.97 Å². The summed E-state index contributed by atoms with van der Waals surface area (Å²) >= 11 is 1.83. The van der Waals surface area contributed by atoms with E-state index in [0.29, 0.717) is 0 Å². The van der Waals surface area contributed by atoms with Crippen LogP contribution >= 0.6 is 11.3 Å².